The summed E-state index contributed by atoms with van der Waals surface area (Å²) < 4.78 is 0. The van der Waals surface area contributed by atoms with Crippen LogP contribution in [0.2, 0.25) is 0 Å². The molecule has 0 saturated carbocycles. The van der Waals surface area contributed by atoms with Gasteiger partial charge in [0.1, 0.15) is 36.3 Å². The molecule has 1 aliphatic heterocycles. The molecule has 2 aromatic heterocycles. The highest BCUT2D eigenvalue weighted by Crippen LogP contribution is 2.25. The number of aromatic amines is 2. The van der Waals surface area contributed by atoms with E-state index in [1.807, 2.05) is 78.9 Å². The molecule has 18 nitrogen and oxygen atoms in total. The molecule has 18 heteroatoms. The first-order chi connectivity index (χ1) is 39.9. The van der Waals surface area contributed by atoms with Crippen molar-refractivity contribution in [2.45, 2.75) is 204 Å². The first-order valence-electron chi connectivity index (χ1n) is 30.5. The van der Waals surface area contributed by atoms with E-state index in [2.05, 4.69) is 43.5 Å². The van der Waals surface area contributed by atoms with Crippen molar-refractivity contribution in [1.29, 1.82) is 0 Å². The SMILES string of the molecule is CCCCCCCCCCCCCCCC(=O)N[C@@H](CCCCN)C(=O)N[C@@H](Cc1ccccc1)C(=O)N[C@@H](CCCCN)C(=O)N[C@@H](Cc1c[nH]c2ccccc12)C(=O)N1CCC[C@H]1C(=O)N[C@@H](Cc1c[nH]c2ccccc12)C(N)=O. The van der Waals surface area contributed by atoms with Gasteiger partial charge in [-0.3, -0.25) is 33.6 Å². The van der Waals surface area contributed by atoms with E-state index in [0.29, 0.717) is 64.5 Å². The Balaban J connectivity index is 1.15. The Labute approximate surface area is 484 Å². The van der Waals surface area contributed by atoms with E-state index in [4.69, 9.17) is 17.2 Å². The van der Waals surface area contributed by atoms with Gasteiger partial charge in [0.2, 0.25) is 41.4 Å². The number of para-hydroxylation sites is 2. The summed E-state index contributed by atoms with van der Waals surface area (Å²) in [6.45, 7) is 3.21. The van der Waals surface area contributed by atoms with E-state index in [9.17, 15) is 28.8 Å². The first-order valence-corrected chi connectivity index (χ1v) is 30.5. The molecule has 1 aliphatic rings. The largest absolute Gasteiger partial charge is 0.368 e. The summed E-state index contributed by atoms with van der Waals surface area (Å²) in [5.74, 6) is -3.80. The number of nitrogens with one attached hydrogen (secondary N) is 7. The number of unbranched alkanes of at least 4 members (excludes halogenated alkanes) is 14. The van der Waals surface area contributed by atoms with Crippen LogP contribution >= 0.6 is 0 Å². The van der Waals surface area contributed by atoms with Crippen LogP contribution in [0.5, 0.6) is 0 Å². The smallest absolute Gasteiger partial charge is 0.246 e. The topological polar surface area (TPSA) is 293 Å². The summed E-state index contributed by atoms with van der Waals surface area (Å²) in [4.78, 5) is 107. The molecule has 0 bridgehead atoms. The number of likely N-dealkylation sites (tertiary alicyclic amines) is 1. The highest BCUT2D eigenvalue weighted by Gasteiger charge is 2.40. The zero-order valence-electron chi connectivity index (χ0n) is 48.5. The Morgan fingerprint density at radius 1 is 0.524 bits per heavy atom. The molecule has 0 aliphatic carbocycles. The molecule has 5 aromatic rings. The molecule has 1 saturated heterocycles. The molecule has 13 N–H and O–H groups in total. The number of fused-ring (bicyclic) bond motifs is 2. The van der Waals surface area contributed by atoms with Gasteiger partial charge in [0, 0.05) is 66.4 Å². The number of primary amides is 1. The molecular formula is C64H93N11O7. The Morgan fingerprint density at radius 2 is 1.00 bits per heavy atom. The third-order valence-corrected chi connectivity index (χ3v) is 15.9. The normalized spacial score (nSPS) is 15.1. The summed E-state index contributed by atoms with van der Waals surface area (Å²) in [6, 6.07) is 17.9. The number of aromatic nitrogens is 2. The van der Waals surface area contributed by atoms with Gasteiger partial charge in [0.15, 0.2) is 0 Å². The molecule has 3 heterocycles. The molecule has 0 spiro atoms. The van der Waals surface area contributed by atoms with Crippen molar-refractivity contribution in [3.8, 4) is 0 Å². The van der Waals surface area contributed by atoms with E-state index in [-0.39, 0.29) is 44.6 Å². The zero-order chi connectivity index (χ0) is 58.5. The lowest BCUT2D eigenvalue weighted by Gasteiger charge is -2.31. The van der Waals surface area contributed by atoms with Gasteiger partial charge in [-0.05, 0) is 99.7 Å². The summed E-state index contributed by atoms with van der Waals surface area (Å²) in [5.41, 5.74) is 21.7. The van der Waals surface area contributed by atoms with E-state index in [1.54, 1.807) is 12.4 Å². The number of amides is 7. The number of hydrogen-bond donors (Lipinski definition) is 10. The third kappa shape index (κ3) is 20.4. The molecule has 3 aromatic carbocycles. The van der Waals surface area contributed by atoms with E-state index in [0.717, 1.165) is 57.8 Å². The van der Waals surface area contributed by atoms with Crippen LogP contribution in [0.4, 0.5) is 0 Å². The standard InChI is InChI=1S/C64H93N11O7/c1-2-3-4-5-6-7-8-9-10-11-12-13-17-36-58(76)70-52(33-22-24-37-65)60(78)73-55(40-45-27-15-14-16-28-45)62(80)71-53(34-23-25-38-66)61(79)74-56(42-47-44-69-51-32-21-19-30-49(47)51)64(82)75-39-26-35-57(75)63(81)72-54(59(67)77)41-46-43-68-50-31-20-18-29-48(46)50/h14-16,18-21,27-32,43-44,52-57,68-69H,2-13,17,22-26,33-42,65-66H2,1H3,(H2,67,77)(H,70,76)(H,71,80)(H,72,81)(H,73,78)(H,74,79)/t52-,53-,54-,55-,56-,57-/m0/s1. The van der Waals surface area contributed by atoms with Gasteiger partial charge in [-0.15, -0.1) is 0 Å². The number of H-pyrrole nitrogens is 2. The van der Waals surface area contributed by atoms with E-state index < -0.39 is 71.7 Å². The summed E-state index contributed by atoms with van der Waals surface area (Å²) in [7, 11) is 0. The maximum absolute atomic E-state index is 15.1. The predicted octanol–water partition coefficient (Wildman–Crippen LogP) is 7.32. The van der Waals surface area contributed by atoms with Crippen LogP contribution in [-0.4, -0.2) is 112 Å². The van der Waals surface area contributed by atoms with Gasteiger partial charge in [-0.25, -0.2) is 0 Å². The van der Waals surface area contributed by atoms with Gasteiger partial charge in [-0.1, -0.05) is 151 Å². The average Bonchev–Trinajstić information content (AvgIpc) is 4.43. The fraction of sp³-hybridized carbons (Fsp3) is 0.547. The van der Waals surface area contributed by atoms with Crippen LogP contribution in [0, 0.1) is 0 Å². The van der Waals surface area contributed by atoms with Gasteiger partial charge in [0.25, 0.3) is 0 Å². The second-order valence-electron chi connectivity index (χ2n) is 22.3. The summed E-state index contributed by atoms with van der Waals surface area (Å²) in [5, 5.41) is 16.4. The minimum atomic E-state index is -1.20. The van der Waals surface area contributed by atoms with Crippen LogP contribution < -0.4 is 43.8 Å². The van der Waals surface area contributed by atoms with Crippen LogP contribution in [0.3, 0.4) is 0 Å². The van der Waals surface area contributed by atoms with Crippen molar-refractivity contribution >= 4 is 63.2 Å². The van der Waals surface area contributed by atoms with E-state index in [1.165, 1.54) is 62.7 Å². The number of benzene rings is 3. The summed E-state index contributed by atoms with van der Waals surface area (Å²) in [6.07, 6.45) is 23.0. The number of carbonyl (C=O) groups is 7. The molecule has 6 rings (SSSR count). The van der Waals surface area contributed by atoms with E-state index >= 15 is 4.79 Å². The molecular weight excluding hydrogens is 1030 g/mol. The maximum atomic E-state index is 15.1. The van der Waals surface area contributed by atoms with Crippen molar-refractivity contribution in [3.05, 3.63) is 108 Å². The Hall–Kier alpha value is -7.05. The first kappa shape index (κ1) is 64.1. The lowest BCUT2D eigenvalue weighted by Crippen LogP contribution is -2.60. The molecule has 7 amide bonds. The summed E-state index contributed by atoms with van der Waals surface area (Å²) >= 11 is 0. The van der Waals surface area contributed by atoms with Crippen molar-refractivity contribution in [3.63, 3.8) is 0 Å². The predicted molar refractivity (Wildman–Crippen MR) is 324 cm³/mol. The average molecular weight is 1130 g/mol. The highest BCUT2D eigenvalue weighted by atomic mass is 16.2. The Morgan fingerprint density at radius 3 is 1.55 bits per heavy atom. The fourth-order valence-corrected chi connectivity index (χ4v) is 11.2. The fourth-order valence-electron chi connectivity index (χ4n) is 11.2. The number of nitrogens with zero attached hydrogens (tertiary/aromatic N) is 1. The maximum Gasteiger partial charge on any atom is 0.246 e. The number of rotatable bonds is 39. The van der Waals surface area contributed by atoms with Gasteiger partial charge >= 0.3 is 0 Å². The van der Waals surface area contributed by atoms with Gasteiger partial charge in [-0.2, -0.15) is 0 Å². The van der Waals surface area contributed by atoms with Crippen molar-refractivity contribution in [2.24, 2.45) is 17.2 Å². The van der Waals surface area contributed by atoms with Gasteiger partial charge < -0.3 is 58.7 Å². The van der Waals surface area contributed by atoms with Crippen molar-refractivity contribution < 1.29 is 33.6 Å². The zero-order valence-corrected chi connectivity index (χ0v) is 48.5. The van der Waals surface area contributed by atoms with Crippen LogP contribution in [0.25, 0.3) is 21.8 Å². The molecule has 0 radical (unpaired) electrons. The van der Waals surface area contributed by atoms with Gasteiger partial charge in [0.05, 0.1) is 0 Å². The number of carbonyl (C=O) groups excluding carboxylic acids is 7. The Kier molecular flexibility index (Phi) is 27.4. The lowest BCUT2D eigenvalue weighted by atomic mass is 10.0. The minimum absolute atomic E-state index is 0.0384. The molecule has 82 heavy (non-hydrogen) atoms. The highest BCUT2D eigenvalue weighted by molar-refractivity contribution is 5.98. The quantitative estimate of drug-likeness (QED) is 0.0176. The second kappa shape index (κ2) is 35.1. The van der Waals surface area contributed by atoms with Crippen molar-refractivity contribution in [1.82, 2.24) is 41.5 Å². The number of nitrogens with two attached hydrogens (primary N) is 3. The molecule has 6 atom stereocenters. The van der Waals surface area contributed by atoms with Crippen molar-refractivity contribution in [2.75, 3.05) is 19.6 Å². The van der Waals surface area contributed by atoms with Crippen LogP contribution in [0.1, 0.15) is 165 Å². The van der Waals surface area contributed by atoms with Crippen LogP contribution in [0.15, 0.2) is 91.3 Å². The lowest BCUT2D eigenvalue weighted by molar-refractivity contribution is -0.142. The second-order valence-corrected chi connectivity index (χ2v) is 22.3. The Bertz CT molecular complexity index is 2780. The third-order valence-electron chi connectivity index (χ3n) is 15.9. The molecule has 1 fully saturated rings. The monoisotopic (exact) mass is 1130 g/mol. The van der Waals surface area contributed by atoms with Crippen LogP contribution in [-0.2, 0) is 52.8 Å². The minimum Gasteiger partial charge on any atom is -0.368 e. The molecule has 0 unspecified atom stereocenters. The molecule has 446 valence electrons. The number of hydrogen-bond acceptors (Lipinski definition) is 9.